The first-order valence-electron chi connectivity index (χ1n) is 9.05. The van der Waals surface area contributed by atoms with E-state index in [1.807, 2.05) is 0 Å². The molecule has 116 valence electrons. The minimum Gasteiger partial charge on any atom is -0.396 e. The Morgan fingerprint density at radius 1 is 0.850 bits per heavy atom. The number of aliphatic hydroxyl groups is 1. The van der Waals surface area contributed by atoms with Crippen molar-refractivity contribution in [3.05, 3.63) is 12.2 Å². The van der Waals surface area contributed by atoms with Crippen LogP contribution in [0, 0.1) is 23.7 Å². The smallest absolute Gasteiger partial charge is 0.0459 e. The average molecular weight is 278 g/mol. The highest BCUT2D eigenvalue weighted by atomic mass is 16.3. The van der Waals surface area contributed by atoms with Gasteiger partial charge in [0.25, 0.3) is 0 Å². The lowest BCUT2D eigenvalue weighted by Crippen LogP contribution is -2.26. The number of unbranched alkanes of at least 4 members (excludes halogenated alkanes) is 1. The summed E-state index contributed by atoms with van der Waals surface area (Å²) in [6.45, 7) is 2.54. The number of hydrogen-bond donors (Lipinski definition) is 1. The molecule has 1 N–H and O–H groups in total. The first-order chi connectivity index (χ1) is 9.83. The minimum atomic E-state index is 0.422. The first-order valence-corrected chi connectivity index (χ1v) is 9.05. The summed E-state index contributed by atoms with van der Waals surface area (Å²) in [6.07, 6.45) is 19.9. The van der Waals surface area contributed by atoms with Crippen LogP contribution in [-0.4, -0.2) is 11.7 Å². The molecular formula is C19H34O. The normalized spacial score (nSPS) is 35.5. The molecule has 0 bridgehead atoms. The predicted molar refractivity (Wildman–Crippen MR) is 86.6 cm³/mol. The summed E-state index contributed by atoms with van der Waals surface area (Å²) in [7, 11) is 0. The van der Waals surface area contributed by atoms with Crippen LogP contribution in [0.25, 0.3) is 0 Å². The molecule has 2 aliphatic carbocycles. The molecule has 0 aromatic heterocycles. The van der Waals surface area contributed by atoms with Crippen molar-refractivity contribution in [2.45, 2.75) is 77.6 Å². The van der Waals surface area contributed by atoms with Crippen LogP contribution in [0.15, 0.2) is 12.2 Å². The van der Waals surface area contributed by atoms with Crippen molar-refractivity contribution in [2.75, 3.05) is 6.61 Å². The Kier molecular flexibility index (Phi) is 7.13. The number of aliphatic hydroxyl groups excluding tert-OH is 1. The van der Waals surface area contributed by atoms with Gasteiger partial charge < -0.3 is 5.11 Å². The average Bonchev–Trinajstić information content (AvgIpc) is 2.52. The molecule has 1 heteroatoms. The number of rotatable bonds is 6. The van der Waals surface area contributed by atoms with E-state index in [9.17, 15) is 5.11 Å². The predicted octanol–water partition coefficient (Wildman–Crippen LogP) is 5.34. The van der Waals surface area contributed by atoms with Crippen molar-refractivity contribution >= 4 is 0 Å². The van der Waals surface area contributed by atoms with Gasteiger partial charge in [0.1, 0.15) is 0 Å². The fourth-order valence-corrected chi connectivity index (χ4v) is 4.48. The summed E-state index contributed by atoms with van der Waals surface area (Å²) in [4.78, 5) is 0. The van der Waals surface area contributed by atoms with Crippen LogP contribution in [0.5, 0.6) is 0 Å². The van der Waals surface area contributed by atoms with Gasteiger partial charge in [-0.25, -0.2) is 0 Å². The van der Waals surface area contributed by atoms with Gasteiger partial charge in [-0.3, -0.25) is 0 Å². The van der Waals surface area contributed by atoms with Gasteiger partial charge >= 0.3 is 0 Å². The van der Waals surface area contributed by atoms with Crippen LogP contribution in [0.3, 0.4) is 0 Å². The monoisotopic (exact) mass is 278 g/mol. The lowest BCUT2D eigenvalue weighted by atomic mass is 9.69. The summed E-state index contributed by atoms with van der Waals surface area (Å²) < 4.78 is 0. The molecule has 0 spiro atoms. The highest BCUT2D eigenvalue weighted by molar-refractivity contribution is 4.82. The SMILES string of the molecule is C/C=C\CCC[C@H]1CC[C@H](C2CCC(CO)CC2)CC1. The van der Waals surface area contributed by atoms with Gasteiger partial charge in [-0.1, -0.05) is 31.4 Å². The fourth-order valence-electron chi connectivity index (χ4n) is 4.48. The van der Waals surface area contributed by atoms with Gasteiger partial charge in [0.15, 0.2) is 0 Å². The third kappa shape index (κ3) is 4.91. The van der Waals surface area contributed by atoms with E-state index < -0.39 is 0 Å². The molecular weight excluding hydrogens is 244 g/mol. The van der Waals surface area contributed by atoms with Crippen LogP contribution < -0.4 is 0 Å². The Morgan fingerprint density at radius 3 is 1.90 bits per heavy atom. The largest absolute Gasteiger partial charge is 0.396 e. The Morgan fingerprint density at radius 2 is 1.40 bits per heavy atom. The van der Waals surface area contributed by atoms with E-state index in [1.165, 1.54) is 70.6 Å². The number of allylic oxidation sites excluding steroid dienone is 2. The molecule has 0 aromatic rings. The van der Waals surface area contributed by atoms with Crippen LogP contribution >= 0.6 is 0 Å². The molecule has 20 heavy (non-hydrogen) atoms. The molecule has 2 saturated carbocycles. The van der Waals surface area contributed by atoms with Crippen molar-refractivity contribution in [2.24, 2.45) is 23.7 Å². The summed E-state index contributed by atoms with van der Waals surface area (Å²) >= 11 is 0. The van der Waals surface area contributed by atoms with E-state index in [1.54, 1.807) is 0 Å². The van der Waals surface area contributed by atoms with E-state index in [4.69, 9.17) is 0 Å². The summed E-state index contributed by atoms with van der Waals surface area (Å²) in [5.74, 6) is 3.64. The Balaban J connectivity index is 1.62. The van der Waals surface area contributed by atoms with Crippen LogP contribution in [0.1, 0.15) is 77.6 Å². The van der Waals surface area contributed by atoms with Crippen LogP contribution in [0.2, 0.25) is 0 Å². The second-order valence-corrected chi connectivity index (χ2v) is 7.24. The Bertz CT molecular complexity index is 267. The highest BCUT2D eigenvalue weighted by Crippen LogP contribution is 2.42. The fraction of sp³-hybridized carbons (Fsp3) is 0.895. The Hall–Kier alpha value is -0.300. The molecule has 0 amide bonds. The topological polar surface area (TPSA) is 20.2 Å². The molecule has 0 radical (unpaired) electrons. The van der Waals surface area contributed by atoms with Gasteiger partial charge in [0.05, 0.1) is 0 Å². The molecule has 0 heterocycles. The van der Waals surface area contributed by atoms with E-state index in [0.717, 1.165) is 17.8 Å². The zero-order valence-electron chi connectivity index (χ0n) is 13.4. The molecule has 0 aliphatic heterocycles. The van der Waals surface area contributed by atoms with Gasteiger partial charge in [0, 0.05) is 6.61 Å². The first kappa shape index (κ1) is 16.1. The minimum absolute atomic E-state index is 0.422. The maximum absolute atomic E-state index is 9.24. The maximum Gasteiger partial charge on any atom is 0.0459 e. The standard InChI is InChI=1S/C19H34O/c1-2-3-4-5-6-16-7-11-18(12-8-16)19-13-9-17(15-20)10-14-19/h2-3,16-20H,4-15H2,1H3/b3-2-/t16-,17?,18-,19?. The quantitative estimate of drug-likeness (QED) is 0.514. The molecule has 2 rings (SSSR count). The van der Waals surface area contributed by atoms with Gasteiger partial charge in [0.2, 0.25) is 0 Å². The van der Waals surface area contributed by atoms with E-state index in [2.05, 4.69) is 19.1 Å². The Labute approximate surface area is 125 Å². The summed E-state index contributed by atoms with van der Waals surface area (Å²) in [6, 6.07) is 0. The zero-order chi connectivity index (χ0) is 14.2. The van der Waals surface area contributed by atoms with Crippen molar-refractivity contribution in [1.82, 2.24) is 0 Å². The molecule has 0 saturated heterocycles. The molecule has 2 aliphatic rings. The van der Waals surface area contributed by atoms with Crippen molar-refractivity contribution in [1.29, 1.82) is 0 Å². The molecule has 1 nitrogen and oxygen atoms in total. The third-order valence-corrected chi connectivity index (χ3v) is 5.93. The number of hydrogen-bond acceptors (Lipinski definition) is 1. The van der Waals surface area contributed by atoms with Crippen molar-refractivity contribution < 1.29 is 5.11 Å². The van der Waals surface area contributed by atoms with E-state index in [0.29, 0.717) is 12.5 Å². The maximum atomic E-state index is 9.24. The zero-order valence-corrected chi connectivity index (χ0v) is 13.4. The summed E-state index contributed by atoms with van der Waals surface area (Å²) in [5.41, 5.74) is 0. The second kappa shape index (κ2) is 8.87. The third-order valence-electron chi connectivity index (χ3n) is 5.93. The van der Waals surface area contributed by atoms with Gasteiger partial charge in [-0.2, -0.15) is 0 Å². The van der Waals surface area contributed by atoms with Crippen LogP contribution in [0.4, 0.5) is 0 Å². The highest BCUT2D eigenvalue weighted by Gasteiger charge is 2.30. The van der Waals surface area contributed by atoms with Crippen molar-refractivity contribution in [3.8, 4) is 0 Å². The molecule has 2 fully saturated rings. The van der Waals surface area contributed by atoms with Gasteiger partial charge in [-0.05, 0) is 82.0 Å². The van der Waals surface area contributed by atoms with Crippen LogP contribution in [-0.2, 0) is 0 Å². The molecule has 0 atom stereocenters. The second-order valence-electron chi connectivity index (χ2n) is 7.24. The van der Waals surface area contributed by atoms with E-state index in [-0.39, 0.29) is 0 Å². The molecule has 0 unspecified atom stereocenters. The lowest BCUT2D eigenvalue weighted by molar-refractivity contribution is 0.115. The lowest BCUT2D eigenvalue weighted by Gasteiger charge is -2.37. The summed E-state index contributed by atoms with van der Waals surface area (Å²) in [5, 5.41) is 9.24. The van der Waals surface area contributed by atoms with Gasteiger partial charge in [-0.15, -0.1) is 0 Å². The molecule has 0 aromatic carbocycles. The van der Waals surface area contributed by atoms with E-state index >= 15 is 0 Å². The van der Waals surface area contributed by atoms with Crippen molar-refractivity contribution in [3.63, 3.8) is 0 Å².